The first kappa shape index (κ1) is 14.8. The highest BCUT2D eigenvalue weighted by Crippen LogP contribution is 2.32. The van der Waals surface area contributed by atoms with Crippen LogP contribution < -0.4 is 5.32 Å². The molecule has 3 rings (SSSR count). The lowest BCUT2D eigenvalue weighted by atomic mass is 9.89. The van der Waals surface area contributed by atoms with Crippen molar-refractivity contribution in [1.29, 1.82) is 0 Å². The fourth-order valence-electron chi connectivity index (χ4n) is 2.85. The number of benzene rings is 1. The number of rotatable bonds is 4. The van der Waals surface area contributed by atoms with Crippen molar-refractivity contribution < 1.29 is 9.21 Å². The number of anilines is 1. The van der Waals surface area contributed by atoms with Crippen LogP contribution in [0.2, 0.25) is 0 Å². The number of amides is 1. The molecule has 0 atom stereocenters. The highest BCUT2D eigenvalue weighted by Gasteiger charge is 2.21. The zero-order chi connectivity index (χ0) is 15.4. The monoisotopic (exact) mass is 299 g/mol. The van der Waals surface area contributed by atoms with E-state index in [9.17, 15) is 4.79 Å². The summed E-state index contributed by atoms with van der Waals surface area (Å²) in [7, 11) is 0. The molecule has 1 fully saturated rings. The molecule has 0 saturated heterocycles. The van der Waals surface area contributed by atoms with Gasteiger partial charge in [0.2, 0.25) is 11.8 Å². The molecule has 5 nitrogen and oxygen atoms in total. The summed E-state index contributed by atoms with van der Waals surface area (Å²) < 4.78 is 5.60. The third-order valence-corrected chi connectivity index (χ3v) is 4.13. The van der Waals surface area contributed by atoms with Gasteiger partial charge in [-0.25, -0.2) is 0 Å². The van der Waals surface area contributed by atoms with Gasteiger partial charge in [0, 0.05) is 5.92 Å². The second-order valence-electron chi connectivity index (χ2n) is 5.99. The zero-order valence-corrected chi connectivity index (χ0v) is 12.8. The minimum Gasteiger partial charge on any atom is -0.408 e. The number of carbonyl (C=O) groups is 1. The highest BCUT2D eigenvalue weighted by molar-refractivity contribution is 5.90. The lowest BCUT2D eigenvalue weighted by Gasteiger charge is -2.17. The minimum absolute atomic E-state index is 0.136. The van der Waals surface area contributed by atoms with E-state index in [1.807, 2.05) is 31.2 Å². The Kier molecular flexibility index (Phi) is 4.51. The van der Waals surface area contributed by atoms with Gasteiger partial charge < -0.3 is 4.42 Å². The average molecular weight is 299 g/mol. The van der Waals surface area contributed by atoms with Crippen LogP contribution in [0.4, 0.5) is 6.01 Å². The first-order chi connectivity index (χ1) is 10.7. The molecule has 0 aliphatic heterocycles. The van der Waals surface area contributed by atoms with Gasteiger partial charge in [-0.05, 0) is 25.3 Å². The molecule has 0 unspecified atom stereocenters. The molecule has 1 aromatic carbocycles. The van der Waals surface area contributed by atoms with Gasteiger partial charge in [0.25, 0.3) is 0 Å². The van der Waals surface area contributed by atoms with Crippen molar-refractivity contribution in [2.75, 3.05) is 5.32 Å². The summed E-state index contributed by atoms with van der Waals surface area (Å²) in [5, 5.41) is 10.7. The maximum absolute atomic E-state index is 12.0. The number of aryl methyl sites for hydroxylation is 1. The van der Waals surface area contributed by atoms with E-state index in [2.05, 4.69) is 15.5 Å². The Morgan fingerprint density at radius 3 is 2.64 bits per heavy atom. The molecule has 1 aliphatic carbocycles. The van der Waals surface area contributed by atoms with Gasteiger partial charge in [-0.1, -0.05) is 54.2 Å². The molecule has 0 radical (unpaired) electrons. The Morgan fingerprint density at radius 2 is 1.91 bits per heavy atom. The Hall–Kier alpha value is -2.17. The largest absolute Gasteiger partial charge is 0.408 e. The fraction of sp³-hybridized carbons (Fsp3) is 0.471. The summed E-state index contributed by atoms with van der Waals surface area (Å²) >= 11 is 0. The molecular weight excluding hydrogens is 278 g/mol. The maximum Gasteiger partial charge on any atom is 0.322 e. The predicted octanol–water partition coefficient (Wildman–Crippen LogP) is 3.61. The summed E-state index contributed by atoms with van der Waals surface area (Å²) in [5.41, 5.74) is 2.15. The second-order valence-corrected chi connectivity index (χ2v) is 5.99. The summed E-state index contributed by atoms with van der Waals surface area (Å²) in [5.74, 6) is 0.872. The topological polar surface area (TPSA) is 68.0 Å². The molecule has 1 saturated carbocycles. The molecule has 116 valence electrons. The van der Waals surface area contributed by atoms with E-state index >= 15 is 0 Å². The van der Waals surface area contributed by atoms with Gasteiger partial charge in [0.05, 0.1) is 6.42 Å². The molecule has 1 aliphatic rings. The van der Waals surface area contributed by atoms with Crippen LogP contribution in [0.3, 0.4) is 0 Å². The molecule has 1 N–H and O–H groups in total. The van der Waals surface area contributed by atoms with E-state index in [-0.39, 0.29) is 11.9 Å². The minimum atomic E-state index is -0.136. The fourth-order valence-corrected chi connectivity index (χ4v) is 2.85. The van der Waals surface area contributed by atoms with Crippen LogP contribution in [0.1, 0.15) is 55.0 Å². The molecule has 0 bridgehead atoms. The quantitative estimate of drug-likeness (QED) is 0.936. The van der Waals surface area contributed by atoms with Crippen molar-refractivity contribution in [2.45, 2.75) is 51.4 Å². The van der Waals surface area contributed by atoms with E-state index < -0.39 is 0 Å². The van der Waals surface area contributed by atoms with Crippen LogP contribution in [0.15, 0.2) is 28.7 Å². The van der Waals surface area contributed by atoms with E-state index in [1.54, 1.807) is 0 Å². The van der Waals surface area contributed by atoms with Crippen molar-refractivity contribution in [3.05, 3.63) is 41.3 Å². The third kappa shape index (κ3) is 3.72. The Bertz CT molecular complexity index is 628. The summed E-state index contributed by atoms with van der Waals surface area (Å²) in [6, 6.07) is 8.11. The zero-order valence-electron chi connectivity index (χ0n) is 12.8. The van der Waals surface area contributed by atoms with Crippen molar-refractivity contribution in [3.8, 4) is 0 Å². The summed E-state index contributed by atoms with van der Waals surface area (Å²) in [6.45, 7) is 2.02. The van der Waals surface area contributed by atoms with Crippen LogP contribution >= 0.6 is 0 Å². The number of nitrogens with zero attached hydrogens (tertiary/aromatic N) is 2. The van der Waals surface area contributed by atoms with Crippen LogP contribution in [-0.4, -0.2) is 16.1 Å². The number of hydrogen-bond acceptors (Lipinski definition) is 4. The lowest BCUT2D eigenvalue weighted by molar-refractivity contribution is -0.115. The van der Waals surface area contributed by atoms with Gasteiger partial charge in [-0.3, -0.25) is 10.1 Å². The molecule has 1 heterocycles. The van der Waals surface area contributed by atoms with Crippen molar-refractivity contribution >= 4 is 11.9 Å². The van der Waals surface area contributed by atoms with E-state index in [0.717, 1.165) is 18.4 Å². The average Bonchev–Trinajstić information content (AvgIpc) is 2.99. The van der Waals surface area contributed by atoms with E-state index in [4.69, 9.17) is 4.42 Å². The molecule has 5 heteroatoms. The standard InChI is InChI=1S/C17H21N3O2/c1-12-7-9-13(10-8-12)11-15(21)18-17-20-19-16(22-17)14-5-3-2-4-6-14/h7-10,14H,2-6,11H2,1H3,(H,18,20,21). The van der Waals surface area contributed by atoms with Crippen molar-refractivity contribution in [3.63, 3.8) is 0 Å². The van der Waals surface area contributed by atoms with Crippen molar-refractivity contribution in [2.24, 2.45) is 0 Å². The molecule has 1 amide bonds. The molecule has 2 aromatic rings. The normalized spacial score (nSPS) is 15.7. The van der Waals surface area contributed by atoms with E-state index in [0.29, 0.717) is 18.2 Å². The smallest absolute Gasteiger partial charge is 0.322 e. The maximum atomic E-state index is 12.0. The number of carbonyl (C=O) groups excluding carboxylic acids is 1. The Morgan fingerprint density at radius 1 is 1.18 bits per heavy atom. The third-order valence-electron chi connectivity index (χ3n) is 4.13. The van der Waals surface area contributed by atoms with Gasteiger partial charge in [-0.2, -0.15) is 0 Å². The van der Waals surface area contributed by atoms with Crippen LogP contribution in [0.25, 0.3) is 0 Å². The van der Waals surface area contributed by atoms with Gasteiger partial charge in [0.1, 0.15) is 0 Å². The van der Waals surface area contributed by atoms with Crippen LogP contribution in [0, 0.1) is 6.92 Å². The number of nitrogens with one attached hydrogen (secondary N) is 1. The predicted molar refractivity (Wildman–Crippen MR) is 83.6 cm³/mol. The lowest BCUT2D eigenvalue weighted by Crippen LogP contribution is -2.14. The first-order valence-electron chi connectivity index (χ1n) is 7.89. The summed E-state index contributed by atoms with van der Waals surface area (Å²) in [6.07, 6.45) is 6.20. The Balaban J connectivity index is 1.57. The van der Waals surface area contributed by atoms with E-state index in [1.165, 1.54) is 24.8 Å². The number of aromatic nitrogens is 2. The van der Waals surface area contributed by atoms with Crippen LogP contribution in [0.5, 0.6) is 0 Å². The molecule has 22 heavy (non-hydrogen) atoms. The van der Waals surface area contributed by atoms with Gasteiger partial charge in [-0.15, -0.1) is 5.10 Å². The molecule has 1 aromatic heterocycles. The SMILES string of the molecule is Cc1ccc(CC(=O)Nc2nnc(C3CCCCC3)o2)cc1. The molecule has 0 spiro atoms. The number of hydrogen-bond donors (Lipinski definition) is 1. The second kappa shape index (κ2) is 6.73. The molecular formula is C17H21N3O2. The van der Waals surface area contributed by atoms with Gasteiger partial charge >= 0.3 is 6.01 Å². The van der Waals surface area contributed by atoms with Gasteiger partial charge in [0.15, 0.2) is 0 Å². The summed E-state index contributed by atoms with van der Waals surface area (Å²) in [4.78, 5) is 12.0. The highest BCUT2D eigenvalue weighted by atomic mass is 16.4. The first-order valence-corrected chi connectivity index (χ1v) is 7.89. The van der Waals surface area contributed by atoms with Crippen LogP contribution in [-0.2, 0) is 11.2 Å². The Labute approximate surface area is 130 Å². The van der Waals surface area contributed by atoms with Crippen molar-refractivity contribution in [1.82, 2.24) is 10.2 Å².